The predicted molar refractivity (Wildman–Crippen MR) is 101 cm³/mol. The van der Waals surface area contributed by atoms with Crippen molar-refractivity contribution in [2.24, 2.45) is 11.5 Å². The average Bonchev–Trinajstić information content (AvgIpc) is 2.67. The summed E-state index contributed by atoms with van der Waals surface area (Å²) in [6.07, 6.45) is 0.250. The Morgan fingerprint density at radius 2 is 2.04 bits per heavy atom. The van der Waals surface area contributed by atoms with Gasteiger partial charge < -0.3 is 31.6 Å². The van der Waals surface area contributed by atoms with Crippen LogP contribution >= 0.6 is 0 Å². The summed E-state index contributed by atoms with van der Waals surface area (Å²) in [5.41, 5.74) is 13.9. The molecule has 0 fully saturated rings. The van der Waals surface area contributed by atoms with E-state index in [4.69, 9.17) is 16.1 Å². The number of nitrogens with two attached hydrogens (primary N) is 2. The van der Waals surface area contributed by atoms with Crippen molar-refractivity contribution in [1.29, 1.82) is 0 Å². The number of aromatic carboxylic acids is 1. The minimum absolute atomic E-state index is 0.00307. The molecule has 2 aromatic rings. The quantitative estimate of drug-likeness (QED) is 0.412. The Balaban J connectivity index is 1.70. The van der Waals surface area contributed by atoms with Gasteiger partial charge >= 0.3 is 13.1 Å². The Morgan fingerprint density at radius 3 is 2.71 bits per heavy atom. The van der Waals surface area contributed by atoms with Crippen molar-refractivity contribution in [1.82, 2.24) is 10.3 Å². The molecular formula is C18H21BN4O5. The number of aromatic nitrogens is 1. The third-order valence-electron chi connectivity index (χ3n) is 4.58. The molecule has 2 heterocycles. The van der Waals surface area contributed by atoms with Crippen LogP contribution in [0.25, 0.3) is 0 Å². The van der Waals surface area contributed by atoms with Gasteiger partial charge in [0, 0.05) is 13.1 Å². The molecule has 1 aromatic carbocycles. The van der Waals surface area contributed by atoms with Crippen molar-refractivity contribution in [2.45, 2.75) is 31.9 Å². The lowest BCUT2D eigenvalue weighted by Crippen LogP contribution is -2.53. The maximum Gasteiger partial charge on any atom is 0.547 e. The standard InChI is InChI=1S/C18H21BN4O5/c20-8-11-4-5-12(22-14(11)9-21)7-16(24)23-15-6-10-2-1-3-13(18(25)26)17(10)28-19(15)27/h1-5,15,27H,6-9,20-21H2,(H,23,24)(H,25,26). The summed E-state index contributed by atoms with van der Waals surface area (Å²) in [5, 5.41) is 22.2. The fraction of sp³-hybridized carbons (Fsp3) is 0.278. The second kappa shape index (κ2) is 8.38. The number of carboxylic acid groups (broad SMARTS) is 1. The van der Waals surface area contributed by atoms with E-state index in [1.54, 1.807) is 24.3 Å². The van der Waals surface area contributed by atoms with E-state index in [0.29, 0.717) is 23.5 Å². The summed E-state index contributed by atoms with van der Waals surface area (Å²) in [6, 6.07) is 8.20. The molecule has 1 amide bonds. The van der Waals surface area contributed by atoms with Crippen molar-refractivity contribution < 1.29 is 24.4 Å². The number of carbonyl (C=O) groups is 2. The number of carboxylic acids is 1. The number of amides is 1. The van der Waals surface area contributed by atoms with Crippen molar-refractivity contribution in [2.75, 3.05) is 0 Å². The van der Waals surface area contributed by atoms with Crippen LogP contribution in [-0.2, 0) is 30.7 Å². The molecule has 9 nitrogen and oxygen atoms in total. The van der Waals surface area contributed by atoms with Crippen molar-refractivity contribution in [3.05, 3.63) is 58.4 Å². The Labute approximate surface area is 161 Å². The molecule has 1 aliphatic rings. The monoisotopic (exact) mass is 384 g/mol. The molecule has 146 valence electrons. The third-order valence-corrected chi connectivity index (χ3v) is 4.58. The first-order chi connectivity index (χ1) is 13.4. The minimum atomic E-state index is -1.36. The van der Waals surface area contributed by atoms with Gasteiger partial charge in [0.2, 0.25) is 5.91 Å². The highest BCUT2D eigenvalue weighted by Gasteiger charge is 2.37. The molecule has 0 saturated carbocycles. The van der Waals surface area contributed by atoms with Crippen LogP contribution in [0, 0.1) is 0 Å². The van der Waals surface area contributed by atoms with E-state index in [9.17, 15) is 19.7 Å². The second-order valence-corrected chi connectivity index (χ2v) is 6.48. The number of hydrogen-bond acceptors (Lipinski definition) is 7. The van der Waals surface area contributed by atoms with E-state index in [1.165, 1.54) is 6.07 Å². The van der Waals surface area contributed by atoms with E-state index in [-0.39, 0.29) is 36.6 Å². The molecule has 7 N–H and O–H groups in total. The molecule has 0 saturated heterocycles. The number of carbonyl (C=O) groups excluding carboxylic acids is 1. The molecule has 3 rings (SSSR count). The number of rotatable bonds is 6. The van der Waals surface area contributed by atoms with Crippen LogP contribution in [0.1, 0.15) is 32.9 Å². The molecule has 0 aliphatic carbocycles. The van der Waals surface area contributed by atoms with Crippen LogP contribution in [0.5, 0.6) is 5.75 Å². The topological polar surface area (TPSA) is 161 Å². The molecule has 1 aromatic heterocycles. The van der Waals surface area contributed by atoms with E-state index < -0.39 is 19.0 Å². The van der Waals surface area contributed by atoms with E-state index in [1.807, 2.05) is 0 Å². The average molecular weight is 384 g/mol. The molecule has 1 aliphatic heterocycles. The SMILES string of the molecule is NCc1ccc(CC(=O)NC2Cc3cccc(C(=O)O)c3OB2O)nc1CN. The van der Waals surface area contributed by atoms with E-state index in [2.05, 4.69) is 10.3 Å². The summed E-state index contributed by atoms with van der Waals surface area (Å²) >= 11 is 0. The van der Waals surface area contributed by atoms with Crippen molar-refractivity contribution in [3.63, 3.8) is 0 Å². The maximum atomic E-state index is 12.4. The van der Waals surface area contributed by atoms with E-state index in [0.717, 1.165) is 5.56 Å². The molecular weight excluding hydrogens is 363 g/mol. The maximum absolute atomic E-state index is 12.4. The van der Waals surface area contributed by atoms with Gasteiger partial charge in [-0.25, -0.2) is 4.79 Å². The number of benzene rings is 1. The Bertz CT molecular complexity index is 908. The summed E-state index contributed by atoms with van der Waals surface area (Å²) in [4.78, 5) is 28.0. The van der Waals surface area contributed by atoms with Gasteiger partial charge in [0.05, 0.1) is 29.3 Å². The van der Waals surface area contributed by atoms with Crippen LogP contribution in [-0.4, -0.2) is 40.1 Å². The lowest BCUT2D eigenvalue weighted by atomic mass is 9.72. The molecule has 0 bridgehead atoms. The van der Waals surface area contributed by atoms with Gasteiger partial charge in [-0.3, -0.25) is 9.78 Å². The van der Waals surface area contributed by atoms with Crippen LogP contribution in [0.4, 0.5) is 0 Å². The Kier molecular flexibility index (Phi) is 5.93. The fourth-order valence-corrected chi connectivity index (χ4v) is 3.17. The fourth-order valence-electron chi connectivity index (χ4n) is 3.17. The Hall–Kier alpha value is -2.95. The summed E-state index contributed by atoms with van der Waals surface area (Å²) in [6.45, 7) is 0.537. The van der Waals surface area contributed by atoms with Gasteiger partial charge in [0.25, 0.3) is 0 Å². The normalized spacial score (nSPS) is 15.5. The number of hydrogen-bond donors (Lipinski definition) is 5. The lowest BCUT2D eigenvalue weighted by molar-refractivity contribution is -0.120. The zero-order valence-corrected chi connectivity index (χ0v) is 15.1. The highest BCUT2D eigenvalue weighted by Crippen LogP contribution is 2.30. The molecule has 1 unspecified atom stereocenters. The summed E-state index contributed by atoms with van der Waals surface area (Å²) in [7, 11) is -1.36. The Morgan fingerprint density at radius 1 is 1.25 bits per heavy atom. The van der Waals surface area contributed by atoms with Gasteiger partial charge in [0.15, 0.2) is 0 Å². The van der Waals surface area contributed by atoms with Gasteiger partial charge in [-0.2, -0.15) is 0 Å². The number of nitrogens with one attached hydrogen (secondary N) is 1. The number of fused-ring (bicyclic) bond motifs is 1. The first-order valence-corrected chi connectivity index (χ1v) is 8.80. The highest BCUT2D eigenvalue weighted by atomic mass is 16.5. The van der Waals surface area contributed by atoms with E-state index >= 15 is 0 Å². The molecule has 28 heavy (non-hydrogen) atoms. The van der Waals surface area contributed by atoms with Crippen molar-refractivity contribution in [3.8, 4) is 5.75 Å². The third kappa shape index (κ3) is 4.14. The molecule has 0 spiro atoms. The van der Waals surface area contributed by atoms with Crippen molar-refractivity contribution >= 4 is 19.0 Å². The largest absolute Gasteiger partial charge is 0.547 e. The van der Waals surface area contributed by atoms with Crippen LogP contribution in [0.3, 0.4) is 0 Å². The van der Waals surface area contributed by atoms with Crippen LogP contribution in [0.2, 0.25) is 0 Å². The number of para-hydroxylation sites is 1. The van der Waals surface area contributed by atoms with Gasteiger partial charge in [-0.15, -0.1) is 0 Å². The van der Waals surface area contributed by atoms with Crippen LogP contribution < -0.4 is 21.4 Å². The lowest BCUT2D eigenvalue weighted by Gasteiger charge is -2.28. The molecule has 0 radical (unpaired) electrons. The first-order valence-electron chi connectivity index (χ1n) is 8.80. The minimum Gasteiger partial charge on any atom is -0.534 e. The van der Waals surface area contributed by atoms with Gasteiger partial charge in [0.1, 0.15) is 5.75 Å². The summed E-state index contributed by atoms with van der Waals surface area (Å²) in [5.74, 6) is -2.07. The van der Waals surface area contributed by atoms with Gasteiger partial charge in [-0.1, -0.05) is 18.2 Å². The predicted octanol–water partition coefficient (Wildman–Crippen LogP) is -0.621. The zero-order chi connectivity index (χ0) is 20.3. The number of pyridine rings is 1. The summed E-state index contributed by atoms with van der Waals surface area (Å²) < 4.78 is 5.37. The smallest absolute Gasteiger partial charge is 0.534 e. The second-order valence-electron chi connectivity index (χ2n) is 6.48. The highest BCUT2D eigenvalue weighted by molar-refractivity contribution is 6.47. The number of nitrogens with zero attached hydrogens (tertiary/aromatic N) is 1. The molecule has 1 atom stereocenters. The zero-order valence-electron chi connectivity index (χ0n) is 15.1. The molecule has 10 heteroatoms. The first kappa shape index (κ1) is 19.8. The van der Waals surface area contributed by atoms with Crippen LogP contribution in [0.15, 0.2) is 30.3 Å². The van der Waals surface area contributed by atoms with Gasteiger partial charge in [-0.05, 0) is 29.7 Å².